The summed E-state index contributed by atoms with van der Waals surface area (Å²) in [6.07, 6.45) is 5.22. The molecule has 19 heavy (non-hydrogen) atoms. The summed E-state index contributed by atoms with van der Waals surface area (Å²) in [5, 5.41) is 9.04. The largest absolute Gasteiger partial charge is 0.288 e. The highest BCUT2D eigenvalue weighted by Crippen LogP contribution is 2.17. The third-order valence-electron chi connectivity index (χ3n) is 2.94. The molecule has 0 saturated carbocycles. The van der Waals surface area contributed by atoms with E-state index in [0.29, 0.717) is 17.7 Å². The van der Waals surface area contributed by atoms with Crippen molar-refractivity contribution in [2.75, 3.05) is 0 Å². The molecule has 92 valence electrons. The van der Waals surface area contributed by atoms with Gasteiger partial charge in [-0.15, -0.1) is 0 Å². The number of hydrogen-bond donors (Lipinski definition) is 0. The van der Waals surface area contributed by atoms with Gasteiger partial charge in [0, 0.05) is 18.8 Å². The van der Waals surface area contributed by atoms with Crippen LogP contribution < -0.4 is 0 Å². The van der Waals surface area contributed by atoms with E-state index in [0.717, 1.165) is 5.52 Å². The second-order valence-corrected chi connectivity index (χ2v) is 4.09. The third kappa shape index (κ3) is 1.93. The van der Waals surface area contributed by atoms with E-state index < -0.39 is 0 Å². The number of rotatable bonds is 2. The number of aromatic nitrogens is 3. The van der Waals surface area contributed by atoms with Gasteiger partial charge in [-0.05, 0) is 11.6 Å². The van der Waals surface area contributed by atoms with E-state index >= 15 is 0 Å². The molecular formula is C14H9FN4. The Kier molecular flexibility index (Phi) is 2.69. The lowest BCUT2D eigenvalue weighted by molar-refractivity contribution is 0.613. The van der Waals surface area contributed by atoms with Gasteiger partial charge in [-0.1, -0.05) is 18.2 Å². The van der Waals surface area contributed by atoms with Gasteiger partial charge in [0.05, 0.1) is 17.4 Å². The van der Waals surface area contributed by atoms with Crippen LogP contribution in [-0.4, -0.2) is 14.4 Å². The number of imidazole rings is 1. The lowest BCUT2D eigenvalue weighted by atomic mass is 10.1. The van der Waals surface area contributed by atoms with Crippen molar-refractivity contribution in [2.24, 2.45) is 0 Å². The van der Waals surface area contributed by atoms with E-state index in [4.69, 9.17) is 5.26 Å². The van der Waals surface area contributed by atoms with Crippen molar-refractivity contribution in [3.05, 3.63) is 65.8 Å². The van der Waals surface area contributed by atoms with Gasteiger partial charge in [0.1, 0.15) is 11.9 Å². The predicted octanol–water partition coefficient (Wildman–Crippen LogP) is 2.33. The van der Waals surface area contributed by atoms with E-state index in [-0.39, 0.29) is 11.6 Å². The number of nitrogens with zero attached hydrogens (tertiary/aromatic N) is 4. The van der Waals surface area contributed by atoms with Crippen molar-refractivity contribution < 1.29 is 4.39 Å². The lowest BCUT2D eigenvalue weighted by Gasteiger charge is -2.00. The Morgan fingerprint density at radius 3 is 2.95 bits per heavy atom. The summed E-state index contributed by atoms with van der Waals surface area (Å²) in [6, 6.07) is 8.57. The van der Waals surface area contributed by atoms with Gasteiger partial charge in [-0.3, -0.25) is 9.38 Å². The number of fused-ring (bicyclic) bond motifs is 1. The van der Waals surface area contributed by atoms with E-state index in [1.54, 1.807) is 41.2 Å². The number of nitriles is 1. The fraction of sp³-hybridized carbons (Fsp3) is 0.0714. The summed E-state index contributed by atoms with van der Waals surface area (Å²) in [7, 11) is 0. The normalized spacial score (nSPS) is 10.5. The second-order valence-electron chi connectivity index (χ2n) is 4.09. The van der Waals surface area contributed by atoms with Crippen LogP contribution in [0.4, 0.5) is 4.39 Å². The van der Waals surface area contributed by atoms with Gasteiger partial charge in [0.15, 0.2) is 0 Å². The summed E-state index contributed by atoms with van der Waals surface area (Å²) >= 11 is 0. The minimum atomic E-state index is -0.272. The number of benzene rings is 1. The van der Waals surface area contributed by atoms with Crippen molar-refractivity contribution >= 4 is 5.52 Å². The summed E-state index contributed by atoms with van der Waals surface area (Å²) < 4.78 is 15.3. The minimum absolute atomic E-state index is 0.272. The molecule has 0 fully saturated rings. The molecule has 0 saturated heterocycles. The molecule has 0 N–H and O–H groups in total. The molecule has 0 amide bonds. The molecule has 4 nitrogen and oxygen atoms in total. The summed E-state index contributed by atoms with van der Waals surface area (Å²) in [5.74, 6) is 0.00906. The molecule has 0 aliphatic rings. The third-order valence-corrected chi connectivity index (χ3v) is 2.94. The van der Waals surface area contributed by atoms with E-state index in [9.17, 15) is 4.39 Å². The van der Waals surface area contributed by atoms with Gasteiger partial charge in [-0.25, -0.2) is 9.37 Å². The first kappa shape index (κ1) is 11.4. The van der Waals surface area contributed by atoms with Crippen LogP contribution in [0.5, 0.6) is 0 Å². The first-order valence-corrected chi connectivity index (χ1v) is 5.74. The summed E-state index contributed by atoms with van der Waals surface area (Å²) in [4.78, 5) is 8.26. The monoisotopic (exact) mass is 252 g/mol. The van der Waals surface area contributed by atoms with Crippen molar-refractivity contribution in [1.82, 2.24) is 14.4 Å². The molecular weight excluding hydrogens is 243 g/mol. The van der Waals surface area contributed by atoms with Crippen LogP contribution in [0.15, 0.2) is 42.9 Å². The molecule has 0 radical (unpaired) electrons. The Bertz CT molecular complexity index is 785. The smallest absolute Gasteiger partial charge is 0.217 e. The molecule has 3 rings (SSSR count). The SMILES string of the molecule is N#Cc1nc(Cc2ccccc2F)c2cnccn12. The Morgan fingerprint density at radius 2 is 2.16 bits per heavy atom. The zero-order valence-corrected chi connectivity index (χ0v) is 9.92. The van der Waals surface area contributed by atoms with E-state index in [2.05, 4.69) is 9.97 Å². The predicted molar refractivity (Wildman–Crippen MR) is 66.9 cm³/mol. The van der Waals surface area contributed by atoms with Crippen LogP contribution in [0.1, 0.15) is 17.1 Å². The van der Waals surface area contributed by atoms with Crippen molar-refractivity contribution in [2.45, 2.75) is 6.42 Å². The standard InChI is InChI=1S/C14H9FN4/c15-11-4-2-1-3-10(11)7-12-13-9-17-5-6-19(13)14(8-16)18-12/h1-6,9H,7H2. The Balaban J connectivity index is 2.12. The molecule has 2 heterocycles. The number of halogens is 1. The molecule has 1 aromatic carbocycles. The van der Waals surface area contributed by atoms with Gasteiger partial charge in [0.25, 0.3) is 0 Å². The van der Waals surface area contributed by atoms with E-state index in [1.165, 1.54) is 6.07 Å². The molecule has 0 spiro atoms. The summed E-state index contributed by atoms with van der Waals surface area (Å²) in [6.45, 7) is 0. The zero-order chi connectivity index (χ0) is 13.2. The first-order chi connectivity index (χ1) is 9.29. The van der Waals surface area contributed by atoms with Crippen LogP contribution in [0.25, 0.3) is 5.52 Å². The molecule has 0 bridgehead atoms. The molecule has 3 aromatic rings. The van der Waals surface area contributed by atoms with Crippen molar-refractivity contribution in [3.8, 4) is 6.07 Å². The maximum absolute atomic E-state index is 13.6. The Hall–Kier alpha value is -2.74. The molecule has 0 unspecified atom stereocenters. The highest BCUT2D eigenvalue weighted by Gasteiger charge is 2.12. The first-order valence-electron chi connectivity index (χ1n) is 5.74. The fourth-order valence-corrected chi connectivity index (χ4v) is 2.03. The maximum Gasteiger partial charge on any atom is 0.217 e. The number of hydrogen-bond acceptors (Lipinski definition) is 3. The van der Waals surface area contributed by atoms with Crippen molar-refractivity contribution in [1.29, 1.82) is 5.26 Å². The van der Waals surface area contributed by atoms with Gasteiger partial charge in [0.2, 0.25) is 5.82 Å². The quantitative estimate of drug-likeness (QED) is 0.703. The minimum Gasteiger partial charge on any atom is -0.288 e. The Morgan fingerprint density at radius 1 is 1.32 bits per heavy atom. The highest BCUT2D eigenvalue weighted by molar-refractivity contribution is 5.54. The molecule has 0 aliphatic heterocycles. The average molecular weight is 252 g/mol. The molecule has 0 aliphatic carbocycles. The zero-order valence-electron chi connectivity index (χ0n) is 9.92. The summed E-state index contributed by atoms with van der Waals surface area (Å²) in [5.41, 5.74) is 1.92. The van der Waals surface area contributed by atoms with E-state index in [1.807, 2.05) is 6.07 Å². The fourth-order valence-electron chi connectivity index (χ4n) is 2.03. The maximum atomic E-state index is 13.6. The average Bonchev–Trinajstić information content (AvgIpc) is 2.80. The Labute approximate surface area is 108 Å². The molecule has 5 heteroatoms. The van der Waals surface area contributed by atoms with Crippen LogP contribution >= 0.6 is 0 Å². The lowest BCUT2D eigenvalue weighted by Crippen LogP contribution is -1.93. The van der Waals surface area contributed by atoms with Crippen LogP contribution in [0, 0.1) is 17.1 Å². The second kappa shape index (κ2) is 4.50. The molecule has 2 aromatic heterocycles. The van der Waals surface area contributed by atoms with Gasteiger partial charge in [-0.2, -0.15) is 5.26 Å². The van der Waals surface area contributed by atoms with Crippen LogP contribution in [-0.2, 0) is 6.42 Å². The van der Waals surface area contributed by atoms with Crippen LogP contribution in [0.3, 0.4) is 0 Å². The topological polar surface area (TPSA) is 54.0 Å². The van der Waals surface area contributed by atoms with Crippen molar-refractivity contribution in [3.63, 3.8) is 0 Å². The van der Waals surface area contributed by atoms with Crippen LogP contribution in [0.2, 0.25) is 0 Å². The van der Waals surface area contributed by atoms with Gasteiger partial charge < -0.3 is 0 Å². The highest BCUT2D eigenvalue weighted by atomic mass is 19.1. The van der Waals surface area contributed by atoms with Gasteiger partial charge >= 0.3 is 0 Å². The molecule has 0 atom stereocenters.